The number of nitrogens with zero attached hydrogens (tertiary/aromatic N) is 4. The molecule has 8 nitrogen and oxygen atoms in total. The van der Waals surface area contributed by atoms with E-state index in [0.29, 0.717) is 11.4 Å². The highest BCUT2D eigenvalue weighted by Gasteiger charge is 2.14. The summed E-state index contributed by atoms with van der Waals surface area (Å²) < 4.78 is 6.95. The summed E-state index contributed by atoms with van der Waals surface area (Å²) in [6.07, 6.45) is 1.41. The van der Waals surface area contributed by atoms with Gasteiger partial charge in [0.1, 0.15) is 5.75 Å². The number of esters is 1. The minimum absolute atomic E-state index is 0.0271. The number of carbonyl (C=O) groups excluding carboxylic acids is 1. The van der Waals surface area contributed by atoms with E-state index in [1.807, 2.05) is 19.9 Å². The number of nitro benzene ring substituents is 1. The Hall–Kier alpha value is -3.55. The number of aryl methyl sites for hydroxylation is 3. The number of ether oxygens (including phenoxy) is 1. The van der Waals surface area contributed by atoms with Crippen molar-refractivity contribution in [3.63, 3.8) is 0 Å². The minimum atomic E-state index is -0.592. The van der Waals surface area contributed by atoms with Gasteiger partial charge in [-0.2, -0.15) is 5.10 Å². The zero-order chi connectivity index (χ0) is 18.8. The number of aromatic nitrogens is 3. The average molecular weight is 352 g/mol. The fraction of sp³-hybridized carbons (Fsp3) is 0.167. The van der Waals surface area contributed by atoms with Crippen LogP contribution in [0.5, 0.6) is 5.75 Å². The highest BCUT2D eigenvalue weighted by atomic mass is 16.6. The van der Waals surface area contributed by atoms with E-state index in [1.165, 1.54) is 24.4 Å². The number of rotatable bonds is 4. The average Bonchev–Trinajstić information content (AvgIpc) is 2.93. The van der Waals surface area contributed by atoms with E-state index in [2.05, 4.69) is 10.1 Å². The van der Waals surface area contributed by atoms with E-state index in [0.717, 1.165) is 11.4 Å². The molecule has 1 aromatic carbocycles. The molecular weight excluding hydrogens is 336 g/mol. The van der Waals surface area contributed by atoms with Crippen LogP contribution in [0.15, 0.2) is 42.6 Å². The lowest BCUT2D eigenvalue weighted by atomic mass is 10.2. The van der Waals surface area contributed by atoms with Gasteiger partial charge in [0.05, 0.1) is 16.2 Å². The van der Waals surface area contributed by atoms with Crippen LogP contribution in [-0.2, 0) is 0 Å². The maximum Gasteiger partial charge on any atom is 0.345 e. The third-order valence-corrected chi connectivity index (χ3v) is 3.79. The number of carbonyl (C=O) groups is 1. The Balaban J connectivity index is 1.77. The van der Waals surface area contributed by atoms with Crippen molar-refractivity contribution in [3.05, 3.63) is 75.2 Å². The van der Waals surface area contributed by atoms with Gasteiger partial charge in [-0.1, -0.05) is 0 Å². The van der Waals surface area contributed by atoms with Crippen LogP contribution < -0.4 is 4.74 Å². The van der Waals surface area contributed by atoms with Crippen molar-refractivity contribution in [2.75, 3.05) is 0 Å². The van der Waals surface area contributed by atoms with E-state index >= 15 is 0 Å². The molecule has 0 aliphatic heterocycles. The highest BCUT2D eigenvalue weighted by Crippen LogP contribution is 2.23. The summed E-state index contributed by atoms with van der Waals surface area (Å²) >= 11 is 0. The van der Waals surface area contributed by atoms with E-state index in [1.54, 1.807) is 23.7 Å². The SMILES string of the molecule is Cc1cc(C)n(-c2ccc(C(=O)Oc3ccc([N+](=O)[O-])c(C)c3)cn2)n1. The lowest BCUT2D eigenvalue weighted by molar-refractivity contribution is -0.385. The van der Waals surface area contributed by atoms with Gasteiger partial charge in [0, 0.05) is 23.5 Å². The summed E-state index contributed by atoms with van der Waals surface area (Å²) in [6, 6.07) is 9.35. The summed E-state index contributed by atoms with van der Waals surface area (Å²) in [6.45, 7) is 5.39. The Morgan fingerprint density at radius 3 is 2.46 bits per heavy atom. The summed E-state index contributed by atoms with van der Waals surface area (Å²) in [5, 5.41) is 15.2. The van der Waals surface area contributed by atoms with Crippen molar-refractivity contribution in [2.24, 2.45) is 0 Å². The van der Waals surface area contributed by atoms with E-state index in [-0.39, 0.29) is 17.0 Å². The molecular formula is C18H16N4O4. The quantitative estimate of drug-likeness (QED) is 0.309. The second-order valence-electron chi connectivity index (χ2n) is 5.84. The van der Waals surface area contributed by atoms with Gasteiger partial charge in [-0.25, -0.2) is 14.5 Å². The summed E-state index contributed by atoms with van der Waals surface area (Å²) in [5.41, 5.74) is 2.47. The molecule has 0 aliphatic rings. The van der Waals surface area contributed by atoms with Crippen LogP contribution in [0.25, 0.3) is 5.82 Å². The number of benzene rings is 1. The fourth-order valence-electron chi connectivity index (χ4n) is 2.56. The maximum atomic E-state index is 12.2. The molecule has 8 heteroatoms. The standard InChI is InChI=1S/C18H16N4O4/c1-11-8-15(5-6-16(11)22(24)25)26-18(23)14-4-7-17(19-10-14)21-13(3)9-12(2)20-21/h4-10H,1-3H3. The van der Waals surface area contributed by atoms with E-state index in [4.69, 9.17) is 4.74 Å². The normalized spacial score (nSPS) is 10.6. The smallest absolute Gasteiger partial charge is 0.345 e. The molecule has 0 spiro atoms. The van der Waals surface area contributed by atoms with Crippen molar-refractivity contribution in [3.8, 4) is 11.6 Å². The predicted molar refractivity (Wildman–Crippen MR) is 93.6 cm³/mol. The van der Waals surface area contributed by atoms with Crippen molar-refractivity contribution >= 4 is 11.7 Å². The number of hydrogen-bond acceptors (Lipinski definition) is 6. The van der Waals surface area contributed by atoms with Gasteiger partial charge in [-0.15, -0.1) is 0 Å². The van der Waals surface area contributed by atoms with Gasteiger partial charge < -0.3 is 4.74 Å². The van der Waals surface area contributed by atoms with Crippen molar-refractivity contribution in [2.45, 2.75) is 20.8 Å². The number of nitro groups is 1. The number of hydrogen-bond donors (Lipinski definition) is 0. The van der Waals surface area contributed by atoms with E-state index < -0.39 is 10.9 Å². The molecule has 0 aliphatic carbocycles. The molecule has 26 heavy (non-hydrogen) atoms. The van der Waals surface area contributed by atoms with Gasteiger partial charge in [0.25, 0.3) is 5.69 Å². The molecule has 3 rings (SSSR count). The van der Waals surface area contributed by atoms with Crippen LogP contribution in [0.3, 0.4) is 0 Å². The molecule has 0 bridgehead atoms. The topological polar surface area (TPSA) is 100 Å². The van der Waals surface area contributed by atoms with Crippen LogP contribution in [0, 0.1) is 30.9 Å². The van der Waals surface area contributed by atoms with Crippen LogP contribution >= 0.6 is 0 Å². The summed E-state index contributed by atoms with van der Waals surface area (Å²) in [4.78, 5) is 26.8. The number of pyridine rings is 1. The third kappa shape index (κ3) is 3.44. The molecule has 2 heterocycles. The van der Waals surface area contributed by atoms with Gasteiger partial charge in [-0.3, -0.25) is 10.1 Å². The lowest BCUT2D eigenvalue weighted by Gasteiger charge is -2.07. The monoisotopic (exact) mass is 352 g/mol. The van der Waals surface area contributed by atoms with Crippen molar-refractivity contribution in [1.82, 2.24) is 14.8 Å². The van der Waals surface area contributed by atoms with Crippen LogP contribution in [0.2, 0.25) is 0 Å². The van der Waals surface area contributed by atoms with Gasteiger partial charge in [0.15, 0.2) is 5.82 Å². The highest BCUT2D eigenvalue weighted by molar-refractivity contribution is 5.90. The zero-order valence-electron chi connectivity index (χ0n) is 14.5. The van der Waals surface area contributed by atoms with Crippen molar-refractivity contribution in [1.29, 1.82) is 0 Å². The Bertz CT molecular complexity index is 993. The minimum Gasteiger partial charge on any atom is -0.423 e. The molecule has 2 aromatic heterocycles. The first kappa shape index (κ1) is 17.3. The molecule has 0 amide bonds. The Kier molecular flexibility index (Phi) is 4.49. The molecule has 0 saturated carbocycles. The Labute approximate surface area is 149 Å². The summed E-state index contributed by atoms with van der Waals surface area (Å²) in [5.74, 6) is 0.240. The third-order valence-electron chi connectivity index (χ3n) is 3.79. The second kappa shape index (κ2) is 6.75. The molecule has 0 N–H and O–H groups in total. The van der Waals surface area contributed by atoms with Crippen LogP contribution in [0.4, 0.5) is 5.69 Å². The van der Waals surface area contributed by atoms with Crippen LogP contribution in [-0.4, -0.2) is 25.7 Å². The van der Waals surface area contributed by atoms with Gasteiger partial charge in [0.2, 0.25) is 0 Å². The fourth-order valence-corrected chi connectivity index (χ4v) is 2.56. The molecule has 0 atom stereocenters. The zero-order valence-corrected chi connectivity index (χ0v) is 14.5. The lowest BCUT2D eigenvalue weighted by Crippen LogP contribution is -2.10. The van der Waals surface area contributed by atoms with Gasteiger partial charge >= 0.3 is 5.97 Å². The van der Waals surface area contributed by atoms with Crippen molar-refractivity contribution < 1.29 is 14.5 Å². The van der Waals surface area contributed by atoms with Crippen LogP contribution in [0.1, 0.15) is 27.3 Å². The van der Waals surface area contributed by atoms with Gasteiger partial charge in [-0.05, 0) is 51.1 Å². The first-order valence-electron chi connectivity index (χ1n) is 7.82. The Morgan fingerprint density at radius 1 is 1.15 bits per heavy atom. The molecule has 0 fully saturated rings. The summed E-state index contributed by atoms with van der Waals surface area (Å²) in [7, 11) is 0. The largest absolute Gasteiger partial charge is 0.423 e. The molecule has 0 saturated heterocycles. The molecule has 0 radical (unpaired) electrons. The predicted octanol–water partition coefficient (Wildman–Crippen LogP) is 3.32. The first-order valence-corrected chi connectivity index (χ1v) is 7.82. The maximum absolute atomic E-state index is 12.2. The van der Waals surface area contributed by atoms with E-state index in [9.17, 15) is 14.9 Å². The molecule has 132 valence electrons. The second-order valence-corrected chi connectivity index (χ2v) is 5.84. The Morgan fingerprint density at radius 2 is 1.92 bits per heavy atom. The first-order chi connectivity index (χ1) is 12.3. The molecule has 3 aromatic rings. The molecule has 0 unspecified atom stereocenters.